The number of carbonyl (C=O) groups is 1. The number of rotatable bonds is 1. The van der Waals surface area contributed by atoms with Gasteiger partial charge in [0.05, 0.1) is 5.52 Å². The quantitative estimate of drug-likeness (QED) is 0.667. The SMILES string of the molecule is O=C(O)c1cn2c(ccc3cc(O)ccc32)n1. The van der Waals surface area contributed by atoms with Gasteiger partial charge >= 0.3 is 5.97 Å². The molecule has 2 aromatic heterocycles. The highest BCUT2D eigenvalue weighted by Gasteiger charge is 2.10. The second-order valence-corrected chi connectivity index (χ2v) is 3.74. The Kier molecular flexibility index (Phi) is 1.82. The average Bonchev–Trinajstić information content (AvgIpc) is 2.72. The van der Waals surface area contributed by atoms with E-state index in [1.165, 1.54) is 6.20 Å². The van der Waals surface area contributed by atoms with Crippen LogP contribution in [-0.4, -0.2) is 25.6 Å². The zero-order chi connectivity index (χ0) is 12.0. The highest BCUT2D eigenvalue weighted by Crippen LogP contribution is 2.21. The fourth-order valence-corrected chi connectivity index (χ4v) is 1.87. The van der Waals surface area contributed by atoms with Crippen LogP contribution < -0.4 is 0 Å². The molecule has 1 aromatic carbocycles. The van der Waals surface area contributed by atoms with Gasteiger partial charge < -0.3 is 10.2 Å². The van der Waals surface area contributed by atoms with Crippen LogP contribution in [0.15, 0.2) is 36.5 Å². The topological polar surface area (TPSA) is 74.8 Å². The average molecular weight is 228 g/mol. The number of carboxylic acid groups (broad SMARTS) is 1. The van der Waals surface area contributed by atoms with Crippen LogP contribution in [-0.2, 0) is 0 Å². The van der Waals surface area contributed by atoms with Gasteiger partial charge in [0, 0.05) is 11.6 Å². The molecule has 3 aromatic rings. The fourth-order valence-electron chi connectivity index (χ4n) is 1.87. The highest BCUT2D eigenvalue weighted by atomic mass is 16.4. The molecule has 0 saturated heterocycles. The molecular weight excluding hydrogens is 220 g/mol. The first kappa shape index (κ1) is 9.65. The summed E-state index contributed by atoms with van der Waals surface area (Å²) in [5.74, 6) is -0.879. The third kappa shape index (κ3) is 1.40. The van der Waals surface area contributed by atoms with Crippen molar-refractivity contribution in [1.82, 2.24) is 9.38 Å². The molecule has 0 amide bonds. The number of hydrogen-bond donors (Lipinski definition) is 2. The summed E-state index contributed by atoms with van der Waals surface area (Å²) in [5.41, 5.74) is 1.38. The first-order chi connectivity index (χ1) is 8.15. The fraction of sp³-hybridized carbons (Fsp3) is 0. The predicted molar refractivity (Wildman–Crippen MR) is 61.3 cm³/mol. The molecule has 0 bridgehead atoms. The van der Waals surface area contributed by atoms with Crippen molar-refractivity contribution in [3.63, 3.8) is 0 Å². The minimum atomic E-state index is -1.05. The molecule has 5 heteroatoms. The Morgan fingerprint density at radius 1 is 1.24 bits per heavy atom. The molecule has 0 radical (unpaired) electrons. The molecule has 0 unspecified atom stereocenters. The van der Waals surface area contributed by atoms with Gasteiger partial charge in [0.1, 0.15) is 11.4 Å². The molecule has 3 rings (SSSR count). The van der Waals surface area contributed by atoms with Crippen LogP contribution in [0.25, 0.3) is 16.6 Å². The van der Waals surface area contributed by atoms with E-state index in [0.29, 0.717) is 5.65 Å². The molecule has 84 valence electrons. The number of aromatic carboxylic acids is 1. The second kappa shape index (κ2) is 3.21. The largest absolute Gasteiger partial charge is 0.508 e. The predicted octanol–water partition coefficient (Wildman–Crippen LogP) is 1.89. The lowest BCUT2D eigenvalue weighted by molar-refractivity contribution is 0.0691. The summed E-state index contributed by atoms with van der Waals surface area (Å²) in [4.78, 5) is 14.8. The molecular formula is C12H8N2O3. The van der Waals surface area contributed by atoms with Crippen LogP contribution in [0.4, 0.5) is 0 Å². The van der Waals surface area contributed by atoms with Crippen molar-refractivity contribution >= 4 is 22.5 Å². The Balaban J connectivity index is 2.42. The minimum Gasteiger partial charge on any atom is -0.508 e. The molecule has 0 spiro atoms. The number of pyridine rings is 1. The van der Waals surface area contributed by atoms with E-state index < -0.39 is 5.97 Å². The standard InChI is InChI=1S/C12H8N2O3/c15-8-2-3-10-7(5-8)1-4-11-13-9(12(16)17)6-14(10)11/h1-6,15H,(H,16,17). The Labute approximate surface area is 95.6 Å². The number of imidazole rings is 1. The normalized spacial score (nSPS) is 11.1. The summed E-state index contributed by atoms with van der Waals surface area (Å²) in [6.45, 7) is 0. The van der Waals surface area contributed by atoms with Crippen LogP contribution in [0.2, 0.25) is 0 Å². The number of hydrogen-bond acceptors (Lipinski definition) is 3. The maximum absolute atomic E-state index is 10.8. The lowest BCUT2D eigenvalue weighted by Crippen LogP contribution is -1.94. The molecule has 0 fully saturated rings. The van der Waals surface area contributed by atoms with E-state index in [9.17, 15) is 9.90 Å². The van der Waals surface area contributed by atoms with E-state index in [0.717, 1.165) is 10.9 Å². The van der Waals surface area contributed by atoms with E-state index >= 15 is 0 Å². The molecule has 2 heterocycles. The third-order valence-electron chi connectivity index (χ3n) is 2.63. The van der Waals surface area contributed by atoms with E-state index in [2.05, 4.69) is 4.98 Å². The van der Waals surface area contributed by atoms with Crippen molar-refractivity contribution in [2.45, 2.75) is 0 Å². The van der Waals surface area contributed by atoms with E-state index in [1.54, 1.807) is 34.7 Å². The van der Waals surface area contributed by atoms with E-state index in [4.69, 9.17) is 5.11 Å². The number of aromatic hydroxyl groups is 1. The zero-order valence-corrected chi connectivity index (χ0v) is 8.66. The van der Waals surface area contributed by atoms with Gasteiger partial charge in [-0.05, 0) is 30.3 Å². The first-order valence-electron chi connectivity index (χ1n) is 4.99. The first-order valence-corrected chi connectivity index (χ1v) is 4.99. The lowest BCUT2D eigenvalue weighted by atomic mass is 10.2. The van der Waals surface area contributed by atoms with E-state index in [1.807, 2.05) is 0 Å². The third-order valence-corrected chi connectivity index (χ3v) is 2.63. The lowest BCUT2D eigenvalue weighted by Gasteiger charge is -2.01. The summed E-state index contributed by atoms with van der Waals surface area (Å²) in [5, 5.41) is 19.1. The van der Waals surface area contributed by atoms with Gasteiger partial charge in [-0.1, -0.05) is 0 Å². The number of carboxylic acids is 1. The van der Waals surface area contributed by atoms with Crippen LogP contribution in [0.1, 0.15) is 10.5 Å². The Hall–Kier alpha value is -2.56. The van der Waals surface area contributed by atoms with E-state index in [-0.39, 0.29) is 11.4 Å². The molecule has 17 heavy (non-hydrogen) atoms. The Morgan fingerprint density at radius 2 is 2.06 bits per heavy atom. The van der Waals surface area contributed by atoms with Gasteiger partial charge in [-0.3, -0.25) is 4.40 Å². The molecule has 2 N–H and O–H groups in total. The van der Waals surface area contributed by atoms with Crippen molar-refractivity contribution in [2.75, 3.05) is 0 Å². The smallest absolute Gasteiger partial charge is 0.356 e. The number of aromatic nitrogens is 2. The van der Waals surface area contributed by atoms with Crippen LogP contribution in [0.5, 0.6) is 5.75 Å². The maximum atomic E-state index is 10.8. The van der Waals surface area contributed by atoms with Crippen molar-refractivity contribution in [1.29, 1.82) is 0 Å². The van der Waals surface area contributed by atoms with Gasteiger partial charge in [-0.2, -0.15) is 0 Å². The maximum Gasteiger partial charge on any atom is 0.356 e. The number of nitrogens with zero attached hydrogens (tertiary/aromatic N) is 2. The van der Waals surface area contributed by atoms with Crippen molar-refractivity contribution in [3.05, 3.63) is 42.2 Å². The molecule has 0 aliphatic carbocycles. The summed E-state index contributed by atoms with van der Waals surface area (Å²) in [6.07, 6.45) is 1.47. The Morgan fingerprint density at radius 3 is 2.82 bits per heavy atom. The van der Waals surface area contributed by atoms with Gasteiger partial charge in [-0.25, -0.2) is 9.78 Å². The number of benzene rings is 1. The highest BCUT2D eigenvalue weighted by molar-refractivity contribution is 5.88. The number of phenolic OH excluding ortho intramolecular Hbond substituents is 1. The van der Waals surface area contributed by atoms with Crippen molar-refractivity contribution in [3.8, 4) is 5.75 Å². The van der Waals surface area contributed by atoms with Gasteiger partial charge in [-0.15, -0.1) is 0 Å². The molecule has 0 aliphatic heterocycles. The van der Waals surface area contributed by atoms with Crippen LogP contribution in [0, 0.1) is 0 Å². The van der Waals surface area contributed by atoms with Gasteiger partial charge in [0.25, 0.3) is 0 Å². The monoisotopic (exact) mass is 228 g/mol. The zero-order valence-electron chi connectivity index (χ0n) is 8.66. The van der Waals surface area contributed by atoms with Crippen LogP contribution >= 0.6 is 0 Å². The molecule has 0 saturated carbocycles. The van der Waals surface area contributed by atoms with Crippen molar-refractivity contribution < 1.29 is 15.0 Å². The van der Waals surface area contributed by atoms with Gasteiger partial charge in [0.2, 0.25) is 0 Å². The van der Waals surface area contributed by atoms with Crippen molar-refractivity contribution in [2.24, 2.45) is 0 Å². The minimum absolute atomic E-state index is 0.00516. The number of phenols is 1. The summed E-state index contributed by atoms with van der Waals surface area (Å²) in [6, 6.07) is 8.42. The van der Waals surface area contributed by atoms with Crippen LogP contribution in [0.3, 0.4) is 0 Å². The summed E-state index contributed by atoms with van der Waals surface area (Å²) >= 11 is 0. The summed E-state index contributed by atoms with van der Waals surface area (Å²) in [7, 11) is 0. The second-order valence-electron chi connectivity index (χ2n) is 3.74. The molecule has 0 atom stereocenters. The molecule has 0 aliphatic rings. The molecule has 5 nitrogen and oxygen atoms in total. The van der Waals surface area contributed by atoms with Gasteiger partial charge in [0.15, 0.2) is 5.69 Å². The Bertz CT molecular complexity index is 746. The summed E-state index contributed by atoms with van der Waals surface area (Å²) < 4.78 is 1.69. The number of fused-ring (bicyclic) bond motifs is 3.